The van der Waals surface area contributed by atoms with Gasteiger partial charge in [0.2, 0.25) is 5.13 Å². The molecule has 1 atom stereocenters. The van der Waals surface area contributed by atoms with Crippen LogP contribution in [0.5, 0.6) is 11.5 Å². The molecular weight excluding hydrogens is 406 g/mol. The molecule has 30 heavy (non-hydrogen) atoms. The number of amides is 1. The minimum absolute atomic E-state index is 0.0395. The summed E-state index contributed by atoms with van der Waals surface area (Å²) >= 11 is 1.17. The molecule has 2 N–H and O–H groups in total. The quantitative estimate of drug-likeness (QED) is 0.605. The Bertz CT molecular complexity index is 1150. The number of rotatable bonds is 5. The van der Waals surface area contributed by atoms with Crippen LogP contribution in [0.1, 0.15) is 27.0 Å². The molecule has 9 heteroatoms. The molecule has 1 unspecified atom stereocenters. The minimum atomic E-state index is -0.917. The fraction of sp³-hybridized carbons (Fsp3) is 0.143. The van der Waals surface area contributed by atoms with Crippen molar-refractivity contribution in [3.63, 3.8) is 0 Å². The van der Waals surface area contributed by atoms with E-state index in [0.717, 1.165) is 0 Å². The van der Waals surface area contributed by atoms with Crippen molar-refractivity contribution < 1.29 is 24.5 Å². The molecule has 152 valence electrons. The predicted octanol–water partition coefficient (Wildman–Crippen LogP) is 3.34. The molecule has 0 radical (unpaired) electrons. The summed E-state index contributed by atoms with van der Waals surface area (Å²) in [5.74, 6) is -1.25. The number of ether oxygens (including phenoxy) is 1. The van der Waals surface area contributed by atoms with Crippen molar-refractivity contribution in [2.75, 3.05) is 12.0 Å². The molecule has 0 aliphatic carbocycles. The van der Waals surface area contributed by atoms with E-state index in [0.29, 0.717) is 21.9 Å². The van der Waals surface area contributed by atoms with Crippen molar-refractivity contribution >= 4 is 28.2 Å². The Morgan fingerprint density at radius 3 is 2.30 bits per heavy atom. The number of phenolic OH excluding ortho intramolecular Hbond substituents is 1. The summed E-state index contributed by atoms with van der Waals surface area (Å²) in [7, 11) is 1.52. The maximum atomic E-state index is 13.3. The molecular formula is C21H17N3O5S. The highest BCUT2D eigenvalue weighted by Crippen LogP contribution is 2.43. The van der Waals surface area contributed by atoms with Gasteiger partial charge in [-0.1, -0.05) is 23.5 Å². The number of phenols is 1. The van der Waals surface area contributed by atoms with Gasteiger partial charge in [0, 0.05) is 5.56 Å². The van der Waals surface area contributed by atoms with Crippen LogP contribution < -0.4 is 9.64 Å². The van der Waals surface area contributed by atoms with E-state index >= 15 is 0 Å². The molecule has 1 aromatic heterocycles. The second-order valence-corrected chi connectivity index (χ2v) is 7.75. The maximum Gasteiger partial charge on any atom is 0.296 e. The fourth-order valence-corrected chi connectivity index (χ4v) is 4.00. The molecule has 1 amide bonds. The molecule has 0 spiro atoms. The standard InChI is InChI=1S/C21H17N3O5S/c1-11-22-23-21(30-11)24-17(12-3-7-14(25)8-4-12)16(19(27)20(24)28)18(26)13-5-9-15(29-2)10-6-13/h3-10,17,25,27H,1-2H3. The maximum absolute atomic E-state index is 13.3. The summed E-state index contributed by atoms with van der Waals surface area (Å²) in [6, 6.07) is 11.6. The number of carbonyl (C=O) groups excluding carboxylic acids is 2. The second kappa shape index (κ2) is 7.60. The summed E-state index contributed by atoms with van der Waals surface area (Å²) in [6.45, 7) is 1.74. The number of ketones is 1. The number of aliphatic hydroxyl groups excluding tert-OH is 1. The van der Waals surface area contributed by atoms with E-state index in [1.165, 1.54) is 35.5 Å². The highest BCUT2D eigenvalue weighted by molar-refractivity contribution is 7.15. The molecule has 2 aromatic carbocycles. The lowest BCUT2D eigenvalue weighted by molar-refractivity contribution is -0.117. The van der Waals surface area contributed by atoms with Crippen molar-refractivity contribution in [3.8, 4) is 11.5 Å². The topological polar surface area (TPSA) is 113 Å². The first-order valence-electron chi connectivity index (χ1n) is 8.95. The van der Waals surface area contributed by atoms with Gasteiger partial charge in [-0.3, -0.25) is 14.5 Å². The van der Waals surface area contributed by atoms with Crippen LogP contribution >= 0.6 is 11.3 Å². The van der Waals surface area contributed by atoms with Gasteiger partial charge < -0.3 is 14.9 Å². The van der Waals surface area contributed by atoms with Crippen molar-refractivity contribution in [2.24, 2.45) is 0 Å². The van der Waals surface area contributed by atoms with Crippen molar-refractivity contribution in [3.05, 3.63) is 76.0 Å². The molecule has 0 fully saturated rings. The summed E-state index contributed by atoms with van der Waals surface area (Å²) < 4.78 is 5.12. The summed E-state index contributed by atoms with van der Waals surface area (Å²) in [6.07, 6.45) is 0. The number of benzene rings is 2. The van der Waals surface area contributed by atoms with E-state index in [9.17, 15) is 19.8 Å². The number of aryl methyl sites for hydroxylation is 1. The van der Waals surface area contributed by atoms with Gasteiger partial charge in [0.15, 0.2) is 11.5 Å². The zero-order valence-corrected chi connectivity index (χ0v) is 16.9. The van der Waals surface area contributed by atoms with E-state index in [-0.39, 0.29) is 16.5 Å². The molecule has 1 aliphatic heterocycles. The number of carbonyl (C=O) groups is 2. The number of hydrogen-bond donors (Lipinski definition) is 2. The monoisotopic (exact) mass is 423 g/mol. The Morgan fingerprint density at radius 2 is 1.73 bits per heavy atom. The number of aliphatic hydroxyl groups is 1. The van der Waals surface area contributed by atoms with Crippen LogP contribution in [0.2, 0.25) is 0 Å². The van der Waals surface area contributed by atoms with Gasteiger partial charge in [0.25, 0.3) is 5.91 Å². The van der Waals surface area contributed by atoms with Crippen molar-refractivity contribution in [2.45, 2.75) is 13.0 Å². The van der Waals surface area contributed by atoms with E-state index < -0.39 is 23.5 Å². The van der Waals surface area contributed by atoms with Crippen molar-refractivity contribution in [1.82, 2.24) is 10.2 Å². The van der Waals surface area contributed by atoms with Crippen LogP contribution in [0, 0.1) is 6.92 Å². The third-order valence-corrected chi connectivity index (χ3v) is 5.57. The van der Waals surface area contributed by atoms with Gasteiger partial charge >= 0.3 is 0 Å². The Morgan fingerprint density at radius 1 is 1.07 bits per heavy atom. The number of Topliss-reactive ketones (excluding diaryl/α,β-unsaturated/α-hetero) is 1. The first-order valence-corrected chi connectivity index (χ1v) is 9.77. The Kier molecular flexibility index (Phi) is 4.96. The molecule has 8 nitrogen and oxygen atoms in total. The Balaban J connectivity index is 1.84. The Hall–Kier alpha value is -3.72. The normalized spacial score (nSPS) is 16.3. The van der Waals surface area contributed by atoms with Crippen molar-refractivity contribution in [1.29, 1.82) is 0 Å². The smallest absolute Gasteiger partial charge is 0.296 e. The fourth-order valence-electron chi connectivity index (χ4n) is 3.29. The number of aromatic hydroxyl groups is 1. The first-order chi connectivity index (χ1) is 14.4. The molecule has 0 bridgehead atoms. The van der Waals surface area contributed by atoms with E-state index in [1.807, 2.05) is 0 Å². The van der Waals surface area contributed by atoms with Crippen LogP contribution in [0.4, 0.5) is 5.13 Å². The summed E-state index contributed by atoms with van der Waals surface area (Å²) in [4.78, 5) is 27.5. The van der Waals surface area contributed by atoms with Crippen LogP contribution in [0.3, 0.4) is 0 Å². The van der Waals surface area contributed by atoms with Gasteiger partial charge in [0.1, 0.15) is 16.5 Å². The van der Waals surface area contributed by atoms with Gasteiger partial charge in [0.05, 0.1) is 18.7 Å². The lowest BCUT2D eigenvalue weighted by atomic mass is 9.93. The first kappa shape index (κ1) is 19.6. The van der Waals surface area contributed by atoms with E-state index in [2.05, 4.69) is 10.2 Å². The summed E-state index contributed by atoms with van der Waals surface area (Å²) in [5, 5.41) is 29.2. The van der Waals surface area contributed by atoms with Crippen LogP contribution in [0.15, 0.2) is 59.9 Å². The number of aromatic nitrogens is 2. The lowest BCUT2D eigenvalue weighted by Gasteiger charge is -2.24. The lowest BCUT2D eigenvalue weighted by Crippen LogP contribution is -2.31. The number of methoxy groups -OCH3 is 1. The molecule has 3 aromatic rings. The third kappa shape index (κ3) is 3.29. The zero-order valence-electron chi connectivity index (χ0n) is 16.1. The number of nitrogens with zero attached hydrogens (tertiary/aromatic N) is 3. The molecule has 2 heterocycles. The van der Waals surface area contributed by atoms with Gasteiger partial charge in [-0.25, -0.2) is 0 Å². The van der Waals surface area contributed by atoms with Gasteiger partial charge in [-0.15, -0.1) is 10.2 Å². The molecule has 1 aliphatic rings. The highest BCUT2D eigenvalue weighted by Gasteiger charge is 2.46. The number of hydrogen-bond acceptors (Lipinski definition) is 8. The third-order valence-electron chi connectivity index (χ3n) is 4.74. The van der Waals surface area contributed by atoms with Crippen LogP contribution in [-0.4, -0.2) is 39.2 Å². The van der Waals surface area contributed by atoms with Crippen LogP contribution in [0.25, 0.3) is 0 Å². The van der Waals surface area contributed by atoms with Gasteiger partial charge in [-0.2, -0.15) is 0 Å². The van der Waals surface area contributed by atoms with E-state index in [1.54, 1.807) is 43.3 Å². The average molecular weight is 423 g/mol. The SMILES string of the molecule is COc1ccc(C(=O)C2=C(O)C(=O)N(c3nnc(C)s3)C2c2ccc(O)cc2)cc1. The number of anilines is 1. The molecule has 0 saturated carbocycles. The zero-order chi connectivity index (χ0) is 21.4. The largest absolute Gasteiger partial charge is 0.508 e. The minimum Gasteiger partial charge on any atom is -0.508 e. The Labute approximate surface area is 175 Å². The molecule has 0 saturated heterocycles. The average Bonchev–Trinajstić information content (AvgIpc) is 3.29. The summed E-state index contributed by atoms with van der Waals surface area (Å²) in [5.41, 5.74) is 0.767. The molecule has 4 rings (SSSR count). The highest BCUT2D eigenvalue weighted by atomic mass is 32.1. The van der Waals surface area contributed by atoms with E-state index in [4.69, 9.17) is 4.74 Å². The predicted molar refractivity (Wildman–Crippen MR) is 110 cm³/mol. The van der Waals surface area contributed by atoms with Gasteiger partial charge in [-0.05, 0) is 48.9 Å². The van der Waals surface area contributed by atoms with Crippen LogP contribution in [-0.2, 0) is 4.79 Å². The second-order valence-electron chi connectivity index (χ2n) is 6.59.